The first-order valence-corrected chi connectivity index (χ1v) is 9.28. The number of hydrogen-bond donors (Lipinski definition) is 2. The summed E-state index contributed by atoms with van der Waals surface area (Å²) >= 11 is 0. The van der Waals surface area contributed by atoms with Crippen LogP contribution in [-0.2, 0) is 13.0 Å². The maximum Gasteiger partial charge on any atom is 0.275 e. The standard InChI is InChI=1S/C20H22FN5O2/c1-13-6-9-26-19(23-13)17(21)18(24-26)20(28)22-10-16(27)12-25-8-7-14-4-2-3-5-15(14)11-25/h2-6,9,16,27H,7-8,10-12H2,1H3,(H,22,28). The van der Waals surface area contributed by atoms with Crippen LogP contribution in [0.25, 0.3) is 5.65 Å². The van der Waals surface area contributed by atoms with Gasteiger partial charge in [0.2, 0.25) is 5.82 Å². The fraction of sp³-hybridized carbons (Fsp3) is 0.350. The fourth-order valence-corrected chi connectivity index (χ4v) is 3.50. The first-order valence-electron chi connectivity index (χ1n) is 9.28. The number of β-amino-alcohol motifs (C(OH)–C–C–N with tert-alkyl or cyclic N) is 1. The number of amides is 1. The summed E-state index contributed by atoms with van der Waals surface area (Å²) in [7, 11) is 0. The number of aromatic nitrogens is 3. The molecular weight excluding hydrogens is 361 g/mol. The number of fused-ring (bicyclic) bond motifs is 2. The molecule has 2 N–H and O–H groups in total. The SMILES string of the molecule is Cc1ccn2nc(C(=O)NCC(O)CN3CCc4ccccc4C3)c(F)c2n1. The van der Waals surface area contributed by atoms with E-state index in [0.717, 1.165) is 19.5 Å². The molecule has 3 heterocycles. The highest BCUT2D eigenvalue weighted by atomic mass is 19.1. The Bertz CT molecular complexity index is 1020. The Hall–Kier alpha value is -2.84. The third kappa shape index (κ3) is 3.74. The molecule has 0 saturated heterocycles. The normalized spacial score (nSPS) is 15.4. The van der Waals surface area contributed by atoms with E-state index in [1.165, 1.54) is 15.6 Å². The van der Waals surface area contributed by atoms with Gasteiger partial charge in [0.15, 0.2) is 11.3 Å². The van der Waals surface area contributed by atoms with Gasteiger partial charge < -0.3 is 10.4 Å². The molecule has 1 aliphatic heterocycles. The third-order valence-electron chi connectivity index (χ3n) is 4.96. The summed E-state index contributed by atoms with van der Waals surface area (Å²) in [5.41, 5.74) is 2.93. The number of aliphatic hydroxyl groups excluding tert-OH is 1. The van der Waals surface area contributed by atoms with Crippen molar-refractivity contribution in [1.82, 2.24) is 24.8 Å². The van der Waals surface area contributed by atoms with Gasteiger partial charge in [0.1, 0.15) is 0 Å². The highest BCUT2D eigenvalue weighted by Gasteiger charge is 2.22. The maximum atomic E-state index is 14.4. The average molecular weight is 383 g/mol. The minimum absolute atomic E-state index is 0.0117. The summed E-state index contributed by atoms with van der Waals surface area (Å²) < 4.78 is 15.7. The number of nitrogens with one attached hydrogen (secondary N) is 1. The number of nitrogens with zero attached hydrogens (tertiary/aromatic N) is 4. The molecule has 0 spiro atoms. The van der Waals surface area contributed by atoms with E-state index in [-0.39, 0.29) is 17.9 Å². The van der Waals surface area contributed by atoms with Crippen molar-refractivity contribution in [2.24, 2.45) is 0 Å². The van der Waals surface area contributed by atoms with Gasteiger partial charge >= 0.3 is 0 Å². The van der Waals surface area contributed by atoms with Crippen LogP contribution < -0.4 is 5.32 Å². The molecule has 0 aliphatic carbocycles. The molecule has 1 aromatic carbocycles. The number of aliphatic hydroxyl groups is 1. The summed E-state index contributed by atoms with van der Waals surface area (Å²) in [6, 6.07) is 9.95. The van der Waals surface area contributed by atoms with E-state index in [1.807, 2.05) is 12.1 Å². The van der Waals surface area contributed by atoms with E-state index in [2.05, 4.69) is 32.4 Å². The fourth-order valence-electron chi connectivity index (χ4n) is 3.50. The predicted octanol–water partition coefficient (Wildman–Crippen LogP) is 1.33. The van der Waals surface area contributed by atoms with E-state index >= 15 is 0 Å². The van der Waals surface area contributed by atoms with E-state index in [0.29, 0.717) is 12.2 Å². The molecule has 0 fully saturated rings. The molecule has 7 nitrogen and oxygen atoms in total. The van der Waals surface area contributed by atoms with Crippen LogP contribution in [0.2, 0.25) is 0 Å². The van der Waals surface area contributed by atoms with Crippen LogP contribution in [0.5, 0.6) is 0 Å². The number of carbonyl (C=O) groups is 1. The maximum absolute atomic E-state index is 14.4. The Kier molecular flexibility index (Phi) is 5.06. The molecule has 0 saturated carbocycles. The lowest BCUT2D eigenvalue weighted by molar-refractivity contribution is 0.0834. The van der Waals surface area contributed by atoms with Crippen molar-refractivity contribution in [3.05, 3.63) is 64.9 Å². The highest BCUT2D eigenvalue weighted by molar-refractivity contribution is 5.93. The lowest BCUT2D eigenvalue weighted by atomic mass is 10.00. The number of rotatable bonds is 5. The Labute approximate surface area is 161 Å². The molecule has 1 aliphatic rings. The number of carbonyl (C=O) groups excluding carboxylic acids is 1. The monoisotopic (exact) mass is 383 g/mol. The average Bonchev–Trinajstić information content (AvgIpc) is 3.02. The zero-order valence-electron chi connectivity index (χ0n) is 15.6. The van der Waals surface area contributed by atoms with Gasteiger partial charge in [-0.1, -0.05) is 24.3 Å². The van der Waals surface area contributed by atoms with Crippen LogP contribution in [0.4, 0.5) is 4.39 Å². The third-order valence-corrected chi connectivity index (χ3v) is 4.96. The molecule has 1 atom stereocenters. The van der Waals surface area contributed by atoms with E-state index in [4.69, 9.17) is 0 Å². The van der Waals surface area contributed by atoms with Crippen molar-refractivity contribution < 1.29 is 14.3 Å². The van der Waals surface area contributed by atoms with Crippen molar-refractivity contribution >= 4 is 11.6 Å². The van der Waals surface area contributed by atoms with Crippen LogP contribution in [0.3, 0.4) is 0 Å². The zero-order valence-corrected chi connectivity index (χ0v) is 15.6. The van der Waals surface area contributed by atoms with Crippen molar-refractivity contribution in [1.29, 1.82) is 0 Å². The predicted molar refractivity (Wildman–Crippen MR) is 101 cm³/mol. The minimum Gasteiger partial charge on any atom is -0.390 e. The molecule has 0 bridgehead atoms. The van der Waals surface area contributed by atoms with Crippen LogP contribution in [0.15, 0.2) is 36.5 Å². The number of hydrogen-bond acceptors (Lipinski definition) is 5. The molecule has 3 aromatic rings. The summed E-state index contributed by atoms with van der Waals surface area (Å²) in [6.07, 6.45) is 1.74. The lowest BCUT2D eigenvalue weighted by Gasteiger charge is -2.30. The van der Waals surface area contributed by atoms with Gasteiger partial charge in [0, 0.05) is 38.1 Å². The van der Waals surface area contributed by atoms with Gasteiger partial charge in [0.25, 0.3) is 5.91 Å². The largest absolute Gasteiger partial charge is 0.390 e. The summed E-state index contributed by atoms with van der Waals surface area (Å²) in [4.78, 5) is 18.5. The molecule has 1 unspecified atom stereocenters. The van der Waals surface area contributed by atoms with Crippen molar-refractivity contribution in [3.8, 4) is 0 Å². The van der Waals surface area contributed by atoms with Crippen LogP contribution >= 0.6 is 0 Å². The second-order valence-electron chi connectivity index (χ2n) is 7.12. The Morgan fingerprint density at radius 1 is 1.32 bits per heavy atom. The van der Waals surface area contributed by atoms with Gasteiger partial charge in [-0.3, -0.25) is 9.69 Å². The summed E-state index contributed by atoms with van der Waals surface area (Å²) in [6.45, 7) is 3.82. The first kappa shape index (κ1) is 18.5. The zero-order chi connectivity index (χ0) is 19.7. The second-order valence-corrected chi connectivity index (χ2v) is 7.12. The van der Waals surface area contributed by atoms with Gasteiger partial charge in [0.05, 0.1) is 6.10 Å². The molecule has 1 amide bonds. The van der Waals surface area contributed by atoms with E-state index in [1.54, 1.807) is 19.2 Å². The summed E-state index contributed by atoms with van der Waals surface area (Å²) in [5.74, 6) is -1.42. The van der Waals surface area contributed by atoms with Crippen molar-refractivity contribution in [2.45, 2.75) is 26.0 Å². The smallest absolute Gasteiger partial charge is 0.275 e. The van der Waals surface area contributed by atoms with Crippen molar-refractivity contribution in [3.63, 3.8) is 0 Å². The molecule has 8 heteroatoms. The molecule has 4 rings (SSSR count). The highest BCUT2D eigenvalue weighted by Crippen LogP contribution is 2.18. The molecule has 0 radical (unpaired) electrons. The first-order chi connectivity index (χ1) is 13.5. The van der Waals surface area contributed by atoms with E-state index in [9.17, 15) is 14.3 Å². The Balaban J connectivity index is 1.34. The Morgan fingerprint density at radius 2 is 2.11 bits per heavy atom. The lowest BCUT2D eigenvalue weighted by Crippen LogP contribution is -2.42. The number of aryl methyl sites for hydroxylation is 1. The minimum atomic E-state index is -0.761. The van der Waals surface area contributed by atoms with E-state index < -0.39 is 17.8 Å². The van der Waals surface area contributed by atoms with Crippen LogP contribution in [0, 0.1) is 12.7 Å². The molecule has 2 aromatic heterocycles. The molecular formula is C20H22FN5O2. The molecule has 28 heavy (non-hydrogen) atoms. The van der Waals surface area contributed by atoms with Crippen molar-refractivity contribution in [2.75, 3.05) is 19.6 Å². The second kappa shape index (κ2) is 7.65. The van der Waals surface area contributed by atoms with Crippen LogP contribution in [0.1, 0.15) is 27.3 Å². The topological polar surface area (TPSA) is 82.8 Å². The Morgan fingerprint density at radius 3 is 2.93 bits per heavy atom. The van der Waals surface area contributed by atoms with Gasteiger partial charge in [-0.05, 0) is 30.5 Å². The number of benzene rings is 1. The van der Waals surface area contributed by atoms with Gasteiger partial charge in [-0.25, -0.2) is 13.9 Å². The van der Waals surface area contributed by atoms with Crippen LogP contribution in [-0.4, -0.2) is 56.2 Å². The van der Waals surface area contributed by atoms with Gasteiger partial charge in [-0.15, -0.1) is 0 Å². The van der Waals surface area contributed by atoms with Gasteiger partial charge in [-0.2, -0.15) is 5.10 Å². The number of halogens is 1. The molecule has 146 valence electrons. The summed E-state index contributed by atoms with van der Waals surface area (Å²) in [5, 5.41) is 16.8. The quantitative estimate of drug-likeness (QED) is 0.695.